The van der Waals surface area contributed by atoms with Crippen LogP contribution in [0, 0.1) is 0 Å². The zero-order valence-corrected chi connectivity index (χ0v) is 30.1. The Balaban J connectivity index is 1.04. The van der Waals surface area contributed by atoms with Gasteiger partial charge in [0, 0.05) is 43.8 Å². The molecule has 11 aromatic rings. The number of nitrogens with zero attached hydrogens (tertiary/aromatic N) is 3. The Bertz CT molecular complexity index is 3250. The van der Waals surface area contributed by atoms with E-state index in [0.29, 0.717) is 17.5 Å². The predicted octanol–water partition coefficient (Wildman–Crippen LogP) is 13.7. The molecule has 0 atom stereocenters. The molecule has 0 aliphatic heterocycles. The summed E-state index contributed by atoms with van der Waals surface area (Å²) in [6.45, 7) is 0. The number of furan rings is 2. The Labute approximate surface area is 322 Å². The molecule has 3 heterocycles. The van der Waals surface area contributed by atoms with Gasteiger partial charge in [0.2, 0.25) is 0 Å². The number of rotatable bonds is 6. The van der Waals surface area contributed by atoms with Gasteiger partial charge in [-0.05, 0) is 64.2 Å². The molecule has 0 aliphatic carbocycles. The van der Waals surface area contributed by atoms with Crippen LogP contribution >= 0.6 is 0 Å². The van der Waals surface area contributed by atoms with Gasteiger partial charge < -0.3 is 8.83 Å². The van der Waals surface area contributed by atoms with Crippen molar-refractivity contribution in [1.82, 2.24) is 15.0 Å². The minimum Gasteiger partial charge on any atom is -0.456 e. The summed E-state index contributed by atoms with van der Waals surface area (Å²) in [5, 5.41) is 4.24. The van der Waals surface area contributed by atoms with Gasteiger partial charge in [0.25, 0.3) is 0 Å². The third-order valence-electron chi connectivity index (χ3n) is 10.5. The van der Waals surface area contributed by atoms with E-state index in [1.54, 1.807) is 0 Å². The fourth-order valence-corrected chi connectivity index (χ4v) is 7.92. The summed E-state index contributed by atoms with van der Waals surface area (Å²) in [7, 11) is 0. The molecule has 3 aromatic heterocycles. The molecule has 0 fully saturated rings. The van der Waals surface area contributed by atoms with Crippen molar-refractivity contribution in [2.45, 2.75) is 0 Å². The van der Waals surface area contributed by atoms with Crippen molar-refractivity contribution in [2.75, 3.05) is 0 Å². The minimum atomic E-state index is 0.590. The molecule has 0 N–H and O–H groups in total. The first kappa shape index (κ1) is 31.9. The summed E-state index contributed by atoms with van der Waals surface area (Å²) in [6, 6.07) is 64.5. The van der Waals surface area contributed by atoms with Crippen LogP contribution < -0.4 is 0 Å². The fourth-order valence-electron chi connectivity index (χ4n) is 7.92. The van der Waals surface area contributed by atoms with Crippen LogP contribution in [0.5, 0.6) is 0 Å². The van der Waals surface area contributed by atoms with Crippen LogP contribution in [0.2, 0.25) is 0 Å². The highest BCUT2D eigenvalue weighted by Crippen LogP contribution is 2.43. The zero-order valence-electron chi connectivity index (χ0n) is 30.1. The third-order valence-corrected chi connectivity index (χ3v) is 10.5. The topological polar surface area (TPSA) is 65.0 Å². The van der Waals surface area contributed by atoms with E-state index >= 15 is 0 Å². The molecule has 262 valence electrons. The highest BCUT2D eigenvalue weighted by molar-refractivity contribution is 6.16. The van der Waals surface area contributed by atoms with Gasteiger partial charge in [0.05, 0.1) is 0 Å². The zero-order chi connectivity index (χ0) is 37.0. The standard InChI is InChI=1S/C51H31N3O2/c1-3-14-32(15-4-1)38-28-29-39(48-47(38)41-23-8-10-26-44(41)56-48)36-20-11-18-34(30-36)35-19-12-21-37(31-35)50-52-49(33-16-5-2-6-17-33)53-51(54-50)42-24-13-27-45-46(42)40-22-7-9-25-43(40)55-45/h1-31H. The maximum atomic E-state index is 6.63. The van der Waals surface area contributed by atoms with Crippen LogP contribution in [0.4, 0.5) is 0 Å². The van der Waals surface area contributed by atoms with E-state index in [1.165, 1.54) is 0 Å². The molecule has 0 aliphatic rings. The van der Waals surface area contributed by atoms with Crippen molar-refractivity contribution >= 4 is 43.9 Å². The summed E-state index contributed by atoms with van der Waals surface area (Å²) >= 11 is 0. The Morgan fingerprint density at radius 1 is 0.286 bits per heavy atom. The lowest BCUT2D eigenvalue weighted by atomic mass is 9.93. The fraction of sp³-hybridized carbons (Fsp3) is 0. The van der Waals surface area contributed by atoms with E-state index < -0.39 is 0 Å². The van der Waals surface area contributed by atoms with E-state index in [9.17, 15) is 0 Å². The molecule has 5 heteroatoms. The molecular formula is C51H31N3O2. The molecular weight excluding hydrogens is 687 g/mol. The molecule has 5 nitrogen and oxygen atoms in total. The second-order valence-electron chi connectivity index (χ2n) is 13.9. The van der Waals surface area contributed by atoms with Crippen LogP contribution in [0.25, 0.3) is 111 Å². The lowest BCUT2D eigenvalue weighted by molar-refractivity contribution is 0.669. The third kappa shape index (κ3) is 5.37. The highest BCUT2D eigenvalue weighted by Gasteiger charge is 2.20. The second kappa shape index (κ2) is 13.0. The smallest absolute Gasteiger partial charge is 0.164 e. The monoisotopic (exact) mass is 717 g/mol. The first-order chi connectivity index (χ1) is 27.7. The van der Waals surface area contributed by atoms with Crippen molar-refractivity contribution in [1.29, 1.82) is 0 Å². The van der Waals surface area contributed by atoms with Gasteiger partial charge in [-0.15, -0.1) is 0 Å². The van der Waals surface area contributed by atoms with Crippen LogP contribution in [0.3, 0.4) is 0 Å². The molecule has 56 heavy (non-hydrogen) atoms. The van der Waals surface area contributed by atoms with Crippen LogP contribution in [0.15, 0.2) is 197 Å². The summed E-state index contributed by atoms with van der Waals surface area (Å²) in [4.78, 5) is 15.3. The van der Waals surface area contributed by atoms with Gasteiger partial charge in [-0.25, -0.2) is 15.0 Å². The van der Waals surface area contributed by atoms with Crippen molar-refractivity contribution in [2.24, 2.45) is 0 Å². The van der Waals surface area contributed by atoms with Crippen LogP contribution in [-0.4, -0.2) is 15.0 Å². The van der Waals surface area contributed by atoms with Gasteiger partial charge in [0.1, 0.15) is 22.3 Å². The first-order valence-electron chi connectivity index (χ1n) is 18.7. The largest absolute Gasteiger partial charge is 0.456 e. The molecule has 0 saturated heterocycles. The van der Waals surface area contributed by atoms with Gasteiger partial charge in [-0.3, -0.25) is 0 Å². The summed E-state index contributed by atoms with van der Waals surface area (Å²) in [5.74, 6) is 1.79. The Hall–Kier alpha value is -7.63. The van der Waals surface area contributed by atoms with E-state index in [0.717, 1.165) is 93.9 Å². The number of aromatic nitrogens is 3. The SMILES string of the molecule is c1ccc(-c2nc(-c3cccc(-c4cccc(-c5ccc(-c6ccccc6)c6c5oc5ccccc56)c4)c3)nc(-c3cccc4oc5ccccc5c34)n2)cc1. The van der Waals surface area contributed by atoms with Crippen molar-refractivity contribution in [3.63, 3.8) is 0 Å². The summed E-state index contributed by atoms with van der Waals surface area (Å²) < 4.78 is 12.9. The van der Waals surface area contributed by atoms with Crippen molar-refractivity contribution in [3.8, 4) is 67.5 Å². The Morgan fingerprint density at radius 2 is 0.786 bits per heavy atom. The normalized spacial score (nSPS) is 11.6. The highest BCUT2D eigenvalue weighted by atomic mass is 16.3. The minimum absolute atomic E-state index is 0.590. The Kier molecular flexibility index (Phi) is 7.42. The molecule has 8 aromatic carbocycles. The molecule has 0 unspecified atom stereocenters. The van der Waals surface area contributed by atoms with Gasteiger partial charge in [0.15, 0.2) is 17.5 Å². The molecule has 0 spiro atoms. The Morgan fingerprint density at radius 3 is 1.54 bits per heavy atom. The quantitative estimate of drug-likeness (QED) is 0.171. The van der Waals surface area contributed by atoms with E-state index in [1.807, 2.05) is 78.9 Å². The average Bonchev–Trinajstić information content (AvgIpc) is 3.86. The number of benzene rings is 8. The first-order valence-corrected chi connectivity index (χ1v) is 18.7. The maximum absolute atomic E-state index is 6.63. The van der Waals surface area contributed by atoms with E-state index in [2.05, 4.69) is 109 Å². The van der Waals surface area contributed by atoms with Gasteiger partial charge >= 0.3 is 0 Å². The predicted molar refractivity (Wildman–Crippen MR) is 227 cm³/mol. The van der Waals surface area contributed by atoms with Crippen LogP contribution in [-0.2, 0) is 0 Å². The molecule has 0 saturated carbocycles. The average molecular weight is 718 g/mol. The molecule has 0 radical (unpaired) electrons. The summed E-state index contributed by atoms with van der Waals surface area (Å²) in [5.41, 5.74) is 12.6. The van der Waals surface area contributed by atoms with Crippen molar-refractivity contribution < 1.29 is 8.83 Å². The van der Waals surface area contributed by atoms with Crippen molar-refractivity contribution in [3.05, 3.63) is 188 Å². The van der Waals surface area contributed by atoms with Gasteiger partial charge in [-0.2, -0.15) is 0 Å². The molecule has 0 bridgehead atoms. The number of para-hydroxylation sites is 2. The molecule has 0 amide bonds. The summed E-state index contributed by atoms with van der Waals surface area (Å²) in [6.07, 6.45) is 0. The van der Waals surface area contributed by atoms with E-state index in [-0.39, 0.29) is 0 Å². The van der Waals surface area contributed by atoms with Gasteiger partial charge in [-0.1, -0.05) is 152 Å². The lowest BCUT2D eigenvalue weighted by Crippen LogP contribution is -2.00. The number of hydrogen-bond acceptors (Lipinski definition) is 5. The maximum Gasteiger partial charge on any atom is 0.164 e. The lowest BCUT2D eigenvalue weighted by Gasteiger charge is -2.11. The number of hydrogen-bond donors (Lipinski definition) is 0. The van der Waals surface area contributed by atoms with E-state index in [4.69, 9.17) is 23.8 Å². The second-order valence-corrected chi connectivity index (χ2v) is 13.9. The molecule has 11 rings (SSSR count). The van der Waals surface area contributed by atoms with Crippen LogP contribution in [0.1, 0.15) is 0 Å². The number of fused-ring (bicyclic) bond motifs is 6.